The van der Waals surface area contributed by atoms with Gasteiger partial charge in [0.2, 0.25) is 0 Å². The first-order valence-electron chi connectivity index (χ1n) is 8.35. The summed E-state index contributed by atoms with van der Waals surface area (Å²) in [5.41, 5.74) is 1.20. The normalized spacial score (nSPS) is 12.0. The van der Waals surface area contributed by atoms with Crippen molar-refractivity contribution in [2.75, 3.05) is 5.75 Å². The summed E-state index contributed by atoms with van der Waals surface area (Å²) in [5.74, 6) is 0.0516. The van der Waals surface area contributed by atoms with E-state index < -0.39 is 0 Å². The second kappa shape index (κ2) is 7.89. The molecule has 0 unspecified atom stereocenters. The SMILES string of the molecule is Cn1cnnc1SCC(=O)N=c1sccn1Cc1cccc2ccccc12. The molecule has 0 fully saturated rings. The Hall–Kier alpha value is -2.71. The first-order chi connectivity index (χ1) is 13.2. The summed E-state index contributed by atoms with van der Waals surface area (Å²) < 4.78 is 3.79. The molecule has 6 nitrogen and oxygen atoms in total. The molecule has 2 aromatic carbocycles. The quantitative estimate of drug-likeness (QED) is 0.487. The third-order valence-electron chi connectivity index (χ3n) is 4.10. The van der Waals surface area contributed by atoms with Crippen molar-refractivity contribution < 1.29 is 4.79 Å². The van der Waals surface area contributed by atoms with Crippen molar-refractivity contribution in [3.63, 3.8) is 0 Å². The Morgan fingerprint density at radius 2 is 2.07 bits per heavy atom. The number of nitrogens with zero attached hydrogens (tertiary/aromatic N) is 5. The minimum absolute atomic E-state index is 0.183. The lowest BCUT2D eigenvalue weighted by molar-refractivity contribution is -0.115. The average molecular weight is 396 g/mol. The van der Waals surface area contributed by atoms with E-state index in [1.54, 1.807) is 10.9 Å². The summed E-state index contributed by atoms with van der Waals surface area (Å²) >= 11 is 2.80. The Labute approximate surface area is 164 Å². The molecule has 0 N–H and O–H groups in total. The van der Waals surface area contributed by atoms with Crippen LogP contribution in [0.4, 0.5) is 0 Å². The summed E-state index contributed by atoms with van der Waals surface area (Å²) in [7, 11) is 1.85. The fourth-order valence-electron chi connectivity index (χ4n) is 2.79. The van der Waals surface area contributed by atoms with Gasteiger partial charge in [0.05, 0.1) is 12.3 Å². The third-order valence-corrected chi connectivity index (χ3v) is 5.91. The topological polar surface area (TPSA) is 65.1 Å². The van der Waals surface area contributed by atoms with E-state index in [0.717, 1.165) is 0 Å². The number of aromatic nitrogens is 4. The molecule has 2 aromatic heterocycles. The molecule has 0 aliphatic rings. The molecule has 27 heavy (non-hydrogen) atoms. The van der Waals surface area contributed by atoms with Crippen molar-refractivity contribution in [1.29, 1.82) is 0 Å². The number of thioether (sulfide) groups is 1. The highest BCUT2D eigenvalue weighted by Gasteiger charge is 2.08. The van der Waals surface area contributed by atoms with Gasteiger partial charge in [0.1, 0.15) is 6.33 Å². The zero-order valence-corrected chi connectivity index (χ0v) is 16.3. The average Bonchev–Trinajstić information content (AvgIpc) is 3.29. The predicted molar refractivity (Wildman–Crippen MR) is 108 cm³/mol. The summed E-state index contributed by atoms with van der Waals surface area (Å²) in [4.78, 5) is 17.3. The van der Waals surface area contributed by atoms with E-state index in [0.29, 0.717) is 16.5 Å². The van der Waals surface area contributed by atoms with Crippen molar-refractivity contribution in [2.24, 2.45) is 12.0 Å². The Morgan fingerprint density at radius 1 is 1.22 bits per heavy atom. The largest absolute Gasteiger partial charge is 0.319 e. The molecule has 0 radical (unpaired) electrons. The van der Waals surface area contributed by atoms with Gasteiger partial charge >= 0.3 is 0 Å². The Balaban J connectivity index is 1.54. The molecule has 0 bridgehead atoms. The Bertz CT molecular complexity index is 1150. The third kappa shape index (κ3) is 4.01. The number of hydrogen-bond acceptors (Lipinski definition) is 5. The molecule has 2 heterocycles. The standard InChI is InChI=1S/C19H17N5OS2/c1-23-13-20-22-19(23)27-12-17(25)21-18-24(9-10-26-18)11-15-7-4-6-14-5-2-3-8-16(14)15/h2-10,13H,11-12H2,1H3. The Kier molecular flexibility index (Phi) is 5.17. The first-order valence-corrected chi connectivity index (χ1v) is 10.2. The van der Waals surface area contributed by atoms with Crippen LogP contribution in [0.25, 0.3) is 10.8 Å². The van der Waals surface area contributed by atoms with Crippen molar-refractivity contribution in [1.82, 2.24) is 19.3 Å². The number of fused-ring (bicyclic) bond motifs is 1. The molecule has 4 rings (SSSR count). The zero-order valence-electron chi connectivity index (χ0n) is 14.6. The molecule has 1 amide bonds. The summed E-state index contributed by atoms with van der Waals surface area (Å²) in [6, 6.07) is 14.6. The van der Waals surface area contributed by atoms with Crippen LogP contribution in [0.1, 0.15) is 5.56 Å². The molecule has 0 saturated carbocycles. The number of benzene rings is 2. The second-order valence-electron chi connectivity index (χ2n) is 5.97. The van der Waals surface area contributed by atoms with Crippen molar-refractivity contribution in [3.05, 3.63) is 70.7 Å². The summed E-state index contributed by atoms with van der Waals surface area (Å²) in [6.07, 6.45) is 3.58. The van der Waals surface area contributed by atoms with Gasteiger partial charge < -0.3 is 9.13 Å². The van der Waals surface area contributed by atoms with Crippen LogP contribution in [-0.4, -0.2) is 31.0 Å². The molecule has 0 saturated heterocycles. The minimum atomic E-state index is -0.183. The van der Waals surface area contributed by atoms with Crippen LogP contribution in [0.15, 0.2) is 70.5 Å². The van der Waals surface area contributed by atoms with E-state index >= 15 is 0 Å². The predicted octanol–water partition coefficient (Wildman–Crippen LogP) is 3.10. The Morgan fingerprint density at radius 3 is 2.93 bits per heavy atom. The lowest BCUT2D eigenvalue weighted by atomic mass is 10.0. The molecule has 0 aliphatic carbocycles. The molecular weight excluding hydrogens is 378 g/mol. The number of carbonyl (C=O) groups is 1. The van der Waals surface area contributed by atoms with Gasteiger partial charge in [0.25, 0.3) is 5.91 Å². The molecule has 0 aliphatic heterocycles. The van der Waals surface area contributed by atoms with Crippen molar-refractivity contribution in [2.45, 2.75) is 11.7 Å². The molecule has 136 valence electrons. The number of hydrogen-bond donors (Lipinski definition) is 0. The highest BCUT2D eigenvalue weighted by Crippen LogP contribution is 2.19. The molecule has 0 atom stereocenters. The van der Waals surface area contributed by atoms with Crippen LogP contribution in [0, 0.1) is 0 Å². The number of aryl methyl sites for hydroxylation is 1. The minimum Gasteiger partial charge on any atom is -0.319 e. The van der Waals surface area contributed by atoms with E-state index in [4.69, 9.17) is 0 Å². The van der Waals surface area contributed by atoms with Gasteiger partial charge in [-0.25, -0.2) is 0 Å². The maximum absolute atomic E-state index is 12.3. The second-order valence-corrected chi connectivity index (χ2v) is 7.79. The van der Waals surface area contributed by atoms with Crippen molar-refractivity contribution >= 4 is 39.8 Å². The summed E-state index contributed by atoms with van der Waals surface area (Å²) in [6.45, 7) is 0.674. The van der Waals surface area contributed by atoms with Crippen LogP contribution in [0.3, 0.4) is 0 Å². The van der Waals surface area contributed by atoms with Gasteiger partial charge in [0.15, 0.2) is 9.96 Å². The van der Waals surface area contributed by atoms with Gasteiger partial charge in [-0.1, -0.05) is 54.2 Å². The number of thiazole rings is 1. The molecular formula is C19H17N5OS2. The highest BCUT2D eigenvalue weighted by molar-refractivity contribution is 7.99. The number of amides is 1. The first kappa shape index (κ1) is 17.7. The summed E-state index contributed by atoms with van der Waals surface area (Å²) in [5, 5.41) is 12.9. The van der Waals surface area contributed by atoms with Crippen LogP contribution in [0.5, 0.6) is 0 Å². The monoisotopic (exact) mass is 395 g/mol. The lowest BCUT2D eigenvalue weighted by Gasteiger charge is -2.07. The highest BCUT2D eigenvalue weighted by atomic mass is 32.2. The number of carbonyl (C=O) groups excluding carboxylic acids is 1. The molecule has 4 aromatic rings. The van der Waals surface area contributed by atoms with E-state index in [1.165, 1.54) is 39.4 Å². The maximum atomic E-state index is 12.3. The van der Waals surface area contributed by atoms with Crippen molar-refractivity contribution in [3.8, 4) is 0 Å². The van der Waals surface area contributed by atoms with Gasteiger partial charge in [-0.05, 0) is 16.3 Å². The van der Waals surface area contributed by atoms with Crippen LogP contribution in [0.2, 0.25) is 0 Å². The van der Waals surface area contributed by atoms with E-state index in [9.17, 15) is 4.79 Å². The zero-order chi connectivity index (χ0) is 18.6. The van der Waals surface area contributed by atoms with Gasteiger partial charge in [-0.15, -0.1) is 21.5 Å². The smallest absolute Gasteiger partial charge is 0.258 e. The molecule has 0 spiro atoms. The van der Waals surface area contributed by atoms with E-state index in [2.05, 4.69) is 45.5 Å². The van der Waals surface area contributed by atoms with Gasteiger partial charge in [-0.3, -0.25) is 4.79 Å². The van der Waals surface area contributed by atoms with Gasteiger partial charge in [0, 0.05) is 18.6 Å². The van der Waals surface area contributed by atoms with Crippen LogP contribution < -0.4 is 4.80 Å². The number of rotatable bonds is 5. The van der Waals surface area contributed by atoms with E-state index in [-0.39, 0.29) is 11.7 Å². The maximum Gasteiger partial charge on any atom is 0.258 e. The fraction of sp³-hybridized carbons (Fsp3) is 0.158. The fourth-order valence-corrected chi connectivity index (χ4v) is 4.21. The van der Waals surface area contributed by atoms with Gasteiger partial charge in [-0.2, -0.15) is 4.99 Å². The molecule has 8 heteroatoms. The van der Waals surface area contributed by atoms with Crippen LogP contribution in [-0.2, 0) is 18.4 Å². The van der Waals surface area contributed by atoms with E-state index in [1.807, 2.05) is 35.3 Å². The van der Waals surface area contributed by atoms with Crippen LogP contribution >= 0.6 is 23.1 Å². The lowest BCUT2D eigenvalue weighted by Crippen LogP contribution is -2.17.